The van der Waals surface area contributed by atoms with E-state index in [-0.39, 0.29) is 31.3 Å². The third kappa shape index (κ3) is 5.13. The molecule has 0 radical (unpaired) electrons. The first-order valence-electron chi connectivity index (χ1n) is 5.06. The maximum Gasteiger partial charge on any atom is 0.411 e. The zero-order valence-corrected chi connectivity index (χ0v) is 9.49. The molecule has 0 fully saturated rings. The fraction of sp³-hybridized carbons (Fsp3) is 0.667. The molecule has 1 aromatic heterocycles. The zero-order chi connectivity index (χ0) is 13.6. The number of esters is 1. The van der Waals surface area contributed by atoms with Crippen LogP contribution in [0.15, 0.2) is 4.52 Å². The summed E-state index contributed by atoms with van der Waals surface area (Å²) in [5.74, 6) is -0.994. The van der Waals surface area contributed by atoms with Gasteiger partial charge in [0.2, 0.25) is 5.89 Å². The second-order valence-electron chi connectivity index (χ2n) is 3.15. The molecular formula is C9H11F3N2O4. The highest BCUT2D eigenvalue weighted by molar-refractivity contribution is 5.84. The third-order valence-corrected chi connectivity index (χ3v) is 1.65. The van der Waals surface area contributed by atoms with Crippen LogP contribution in [0.2, 0.25) is 0 Å². The summed E-state index contributed by atoms with van der Waals surface area (Å²) in [7, 11) is 0. The van der Waals surface area contributed by atoms with E-state index in [0.717, 1.165) is 0 Å². The van der Waals surface area contributed by atoms with Crippen molar-refractivity contribution in [2.75, 3.05) is 19.8 Å². The van der Waals surface area contributed by atoms with Gasteiger partial charge in [-0.3, -0.25) is 0 Å². The summed E-state index contributed by atoms with van der Waals surface area (Å²) in [6.45, 7) is 0.205. The molecule has 0 atom stereocenters. The predicted octanol–water partition coefficient (Wildman–Crippen LogP) is 1.37. The molecule has 0 amide bonds. The minimum Gasteiger partial charge on any atom is -0.460 e. The van der Waals surface area contributed by atoms with Crippen molar-refractivity contribution in [2.45, 2.75) is 19.5 Å². The second-order valence-corrected chi connectivity index (χ2v) is 3.15. The summed E-state index contributed by atoms with van der Waals surface area (Å²) in [4.78, 5) is 14.8. The largest absolute Gasteiger partial charge is 0.460 e. The number of hydrogen-bond acceptors (Lipinski definition) is 6. The highest BCUT2D eigenvalue weighted by atomic mass is 19.4. The first-order chi connectivity index (χ1) is 8.42. The highest BCUT2D eigenvalue weighted by Gasteiger charge is 2.27. The predicted molar refractivity (Wildman–Crippen MR) is 50.8 cm³/mol. The summed E-state index contributed by atoms with van der Waals surface area (Å²) >= 11 is 0. The maximum atomic E-state index is 11.7. The molecule has 1 aromatic rings. The molecule has 0 N–H and O–H groups in total. The Hall–Kier alpha value is -1.64. The molecule has 9 heteroatoms. The van der Waals surface area contributed by atoms with E-state index >= 15 is 0 Å². The van der Waals surface area contributed by atoms with Gasteiger partial charge in [0.15, 0.2) is 0 Å². The molecule has 0 saturated heterocycles. The lowest BCUT2D eigenvalue weighted by Gasteiger charge is -2.05. The maximum absolute atomic E-state index is 11.7. The number of carbonyl (C=O) groups is 1. The van der Waals surface area contributed by atoms with Gasteiger partial charge in [0, 0.05) is 0 Å². The van der Waals surface area contributed by atoms with Crippen LogP contribution in [0.5, 0.6) is 0 Å². The van der Waals surface area contributed by atoms with Crippen molar-refractivity contribution in [3.63, 3.8) is 0 Å². The number of aromatic nitrogens is 2. The average molecular weight is 268 g/mol. The number of alkyl halides is 3. The molecule has 6 nitrogen and oxygen atoms in total. The van der Waals surface area contributed by atoms with Crippen molar-refractivity contribution in [3.05, 3.63) is 11.7 Å². The van der Waals surface area contributed by atoms with Gasteiger partial charge in [0.05, 0.1) is 19.6 Å². The second kappa shape index (κ2) is 6.34. The Labute approximate surface area is 100 Å². The summed E-state index contributed by atoms with van der Waals surface area (Å²) in [5, 5.41) is 3.32. The van der Waals surface area contributed by atoms with Gasteiger partial charge >= 0.3 is 12.1 Å². The van der Waals surface area contributed by atoms with Gasteiger partial charge in [-0.25, -0.2) is 4.79 Å². The first-order valence-corrected chi connectivity index (χ1v) is 5.06. The Morgan fingerprint density at radius 3 is 2.78 bits per heavy atom. The van der Waals surface area contributed by atoms with Crippen molar-refractivity contribution in [1.82, 2.24) is 10.1 Å². The molecule has 1 heterocycles. The summed E-state index contributed by atoms with van der Waals surface area (Å²) in [6.07, 6.45) is -4.38. The highest BCUT2D eigenvalue weighted by Crippen LogP contribution is 2.14. The molecule has 0 bridgehead atoms. The Bertz CT molecular complexity index is 391. The van der Waals surface area contributed by atoms with Crippen molar-refractivity contribution in [3.8, 4) is 0 Å². The van der Waals surface area contributed by atoms with Gasteiger partial charge in [-0.2, -0.15) is 18.2 Å². The number of hydrogen-bond donors (Lipinski definition) is 0. The number of nitrogens with zero attached hydrogens (tertiary/aromatic N) is 2. The van der Waals surface area contributed by atoms with Gasteiger partial charge in [0.25, 0.3) is 5.82 Å². The molecular weight excluding hydrogens is 257 g/mol. The molecule has 1 rings (SSSR count). The molecule has 0 spiro atoms. The van der Waals surface area contributed by atoms with Crippen LogP contribution in [0.3, 0.4) is 0 Å². The molecule has 0 saturated carbocycles. The van der Waals surface area contributed by atoms with E-state index < -0.39 is 18.8 Å². The van der Waals surface area contributed by atoms with Crippen LogP contribution < -0.4 is 0 Å². The number of carbonyl (C=O) groups excluding carboxylic acids is 1. The Balaban J connectivity index is 2.33. The summed E-state index contributed by atoms with van der Waals surface area (Å²) < 4.78 is 48.8. The summed E-state index contributed by atoms with van der Waals surface area (Å²) in [5.41, 5.74) is 0. The lowest BCUT2D eigenvalue weighted by Crippen LogP contribution is -2.18. The van der Waals surface area contributed by atoms with E-state index in [1.807, 2.05) is 0 Å². The molecule has 18 heavy (non-hydrogen) atoms. The van der Waals surface area contributed by atoms with Crippen molar-refractivity contribution in [2.24, 2.45) is 0 Å². The SMILES string of the molecule is CCOC(=O)c1noc(CCOCC(F)(F)F)n1. The van der Waals surface area contributed by atoms with Gasteiger partial charge < -0.3 is 14.0 Å². The van der Waals surface area contributed by atoms with Gasteiger partial charge in [0.1, 0.15) is 6.61 Å². The minimum absolute atomic E-state index is 0.0114. The third-order valence-electron chi connectivity index (χ3n) is 1.65. The van der Waals surface area contributed by atoms with Gasteiger partial charge in [-0.1, -0.05) is 0 Å². The van der Waals surface area contributed by atoms with E-state index in [2.05, 4.69) is 24.1 Å². The van der Waals surface area contributed by atoms with E-state index in [4.69, 9.17) is 0 Å². The molecule has 102 valence electrons. The molecule has 0 aliphatic heterocycles. The van der Waals surface area contributed by atoms with Crippen molar-refractivity contribution >= 4 is 5.97 Å². The van der Waals surface area contributed by atoms with Crippen LogP contribution >= 0.6 is 0 Å². The Morgan fingerprint density at radius 1 is 1.44 bits per heavy atom. The van der Waals surface area contributed by atoms with E-state index in [9.17, 15) is 18.0 Å². The van der Waals surface area contributed by atoms with Gasteiger partial charge in [-0.15, -0.1) is 0 Å². The van der Waals surface area contributed by atoms with Crippen LogP contribution in [-0.2, 0) is 15.9 Å². The molecule has 0 unspecified atom stereocenters. The lowest BCUT2D eigenvalue weighted by molar-refractivity contribution is -0.173. The minimum atomic E-state index is -4.37. The fourth-order valence-electron chi connectivity index (χ4n) is 0.982. The Kier molecular flexibility index (Phi) is 5.08. The first kappa shape index (κ1) is 14.4. The topological polar surface area (TPSA) is 74.5 Å². The van der Waals surface area contributed by atoms with Gasteiger partial charge in [-0.05, 0) is 12.1 Å². The Morgan fingerprint density at radius 2 is 2.17 bits per heavy atom. The van der Waals surface area contributed by atoms with Crippen molar-refractivity contribution in [1.29, 1.82) is 0 Å². The fourth-order valence-corrected chi connectivity index (χ4v) is 0.982. The monoisotopic (exact) mass is 268 g/mol. The standard InChI is InChI=1S/C9H11F3N2O4/c1-2-17-8(15)7-13-6(18-14-7)3-4-16-5-9(10,11)12/h2-5H2,1H3. The van der Waals surface area contributed by atoms with Crippen LogP contribution in [0.1, 0.15) is 23.4 Å². The van der Waals surface area contributed by atoms with Crippen molar-refractivity contribution < 1.29 is 32.0 Å². The molecule has 0 aliphatic rings. The lowest BCUT2D eigenvalue weighted by atomic mass is 10.4. The van der Waals surface area contributed by atoms with E-state index in [1.54, 1.807) is 6.92 Å². The average Bonchev–Trinajstić information content (AvgIpc) is 2.72. The number of ether oxygens (including phenoxy) is 2. The van der Waals surface area contributed by atoms with Crippen LogP contribution in [0, 0.1) is 0 Å². The van der Waals surface area contributed by atoms with Crippen LogP contribution in [0.4, 0.5) is 13.2 Å². The zero-order valence-electron chi connectivity index (χ0n) is 9.49. The molecule has 0 aliphatic carbocycles. The quantitative estimate of drug-likeness (QED) is 0.573. The van der Waals surface area contributed by atoms with E-state index in [0.29, 0.717) is 0 Å². The summed E-state index contributed by atoms with van der Waals surface area (Å²) in [6, 6.07) is 0. The van der Waals surface area contributed by atoms with Crippen LogP contribution in [0.25, 0.3) is 0 Å². The van der Waals surface area contributed by atoms with Crippen LogP contribution in [-0.4, -0.2) is 42.1 Å². The number of rotatable bonds is 6. The number of halogens is 3. The van der Waals surface area contributed by atoms with E-state index in [1.165, 1.54) is 0 Å². The smallest absolute Gasteiger partial charge is 0.411 e. The molecule has 0 aromatic carbocycles. The normalized spacial score (nSPS) is 11.6.